The Morgan fingerprint density at radius 3 is 2.77 bits per heavy atom. The van der Waals surface area contributed by atoms with Crippen LogP contribution in [0.4, 0.5) is 13.2 Å². The van der Waals surface area contributed by atoms with E-state index in [9.17, 15) is 13.2 Å². The van der Waals surface area contributed by atoms with Crippen molar-refractivity contribution in [3.63, 3.8) is 0 Å². The fourth-order valence-electron chi connectivity index (χ4n) is 3.14. The predicted molar refractivity (Wildman–Crippen MR) is 107 cm³/mol. The molecule has 0 aliphatic carbocycles. The molecule has 1 atom stereocenters. The second kappa shape index (κ2) is 10.3. The fraction of sp³-hybridized carbons (Fsp3) is 0.750. The van der Waals surface area contributed by atoms with E-state index in [1.165, 1.54) is 17.5 Å². The number of nitrogens with one attached hydrogen (secondary N) is 1. The van der Waals surface area contributed by atoms with E-state index in [2.05, 4.69) is 20.3 Å². The van der Waals surface area contributed by atoms with Gasteiger partial charge in [-0.1, -0.05) is 0 Å². The van der Waals surface area contributed by atoms with Gasteiger partial charge >= 0.3 is 6.18 Å². The van der Waals surface area contributed by atoms with Gasteiger partial charge in [0.15, 0.2) is 5.96 Å². The zero-order valence-electron chi connectivity index (χ0n) is 15.5. The number of guanidine groups is 1. The molecule has 1 aromatic heterocycles. The first-order valence-electron chi connectivity index (χ1n) is 8.48. The molecule has 1 unspecified atom stereocenters. The lowest BCUT2D eigenvalue weighted by Gasteiger charge is -2.22. The van der Waals surface area contributed by atoms with Gasteiger partial charge in [0.05, 0.1) is 12.7 Å². The molecule has 2 heterocycles. The third kappa shape index (κ3) is 7.29. The molecule has 0 aromatic carbocycles. The lowest BCUT2D eigenvalue weighted by atomic mass is 10.0. The zero-order valence-corrected chi connectivity index (χ0v) is 17.8. The average Bonchev–Trinajstić information content (AvgIpc) is 3.14. The standard InChI is InChI=1S/C16H27F3N6.HI/c1-20-15(21-6-4-7-23(2)12-16(17,18)19)25-8-5-13(11-25)14-9-22-24(3)10-14;/h9-10,13H,4-8,11-12H2,1-3H3,(H,20,21);1H. The highest BCUT2D eigenvalue weighted by atomic mass is 127. The van der Waals surface area contributed by atoms with Crippen molar-refractivity contribution in [1.29, 1.82) is 0 Å². The Bertz CT molecular complexity index is 575. The Morgan fingerprint density at radius 1 is 1.46 bits per heavy atom. The largest absolute Gasteiger partial charge is 0.401 e. The summed E-state index contributed by atoms with van der Waals surface area (Å²) in [4.78, 5) is 7.78. The van der Waals surface area contributed by atoms with E-state index < -0.39 is 12.7 Å². The minimum atomic E-state index is -4.14. The van der Waals surface area contributed by atoms with Crippen molar-refractivity contribution in [2.24, 2.45) is 12.0 Å². The number of halogens is 4. The molecule has 0 spiro atoms. The average molecular weight is 488 g/mol. The number of likely N-dealkylation sites (tertiary alicyclic amines) is 1. The fourth-order valence-corrected chi connectivity index (χ4v) is 3.14. The third-order valence-electron chi connectivity index (χ3n) is 4.34. The smallest absolute Gasteiger partial charge is 0.356 e. The van der Waals surface area contributed by atoms with Crippen molar-refractivity contribution in [2.45, 2.75) is 24.9 Å². The topological polar surface area (TPSA) is 48.7 Å². The van der Waals surface area contributed by atoms with Crippen molar-refractivity contribution in [3.05, 3.63) is 18.0 Å². The van der Waals surface area contributed by atoms with Gasteiger partial charge in [-0.25, -0.2) is 0 Å². The summed E-state index contributed by atoms with van der Waals surface area (Å²) in [5.41, 5.74) is 1.23. The molecule has 1 aliphatic heterocycles. The molecule has 26 heavy (non-hydrogen) atoms. The van der Waals surface area contributed by atoms with Crippen LogP contribution in [0.2, 0.25) is 0 Å². The van der Waals surface area contributed by atoms with Crippen LogP contribution in [0, 0.1) is 0 Å². The first-order valence-corrected chi connectivity index (χ1v) is 8.48. The molecule has 0 saturated carbocycles. The van der Waals surface area contributed by atoms with Crippen LogP contribution in [0.5, 0.6) is 0 Å². The van der Waals surface area contributed by atoms with E-state index in [1.54, 1.807) is 7.05 Å². The van der Waals surface area contributed by atoms with Crippen molar-refractivity contribution in [3.8, 4) is 0 Å². The lowest BCUT2D eigenvalue weighted by molar-refractivity contribution is -0.143. The first kappa shape index (κ1) is 23.0. The van der Waals surface area contributed by atoms with E-state index in [4.69, 9.17) is 0 Å². The summed E-state index contributed by atoms with van der Waals surface area (Å²) < 4.78 is 38.7. The van der Waals surface area contributed by atoms with Gasteiger partial charge in [0.1, 0.15) is 0 Å². The molecule has 1 fully saturated rings. The number of aryl methyl sites for hydroxylation is 1. The lowest BCUT2D eigenvalue weighted by Crippen LogP contribution is -2.41. The van der Waals surface area contributed by atoms with Crippen LogP contribution in [0.1, 0.15) is 24.3 Å². The van der Waals surface area contributed by atoms with Crippen LogP contribution >= 0.6 is 24.0 Å². The summed E-state index contributed by atoms with van der Waals surface area (Å²) in [5.74, 6) is 1.25. The molecular weight excluding hydrogens is 460 g/mol. The maximum Gasteiger partial charge on any atom is 0.401 e. The van der Waals surface area contributed by atoms with Gasteiger partial charge in [-0.2, -0.15) is 18.3 Å². The predicted octanol–water partition coefficient (Wildman–Crippen LogP) is 2.29. The molecule has 2 rings (SSSR count). The molecule has 0 amide bonds. The van der Waals surface area contributed by atoms with Gasteiger partial charge in [-0.15, -0.1) is 24.0 Å². The molecule has 10 heteroatoms. The van der Waals surface area contributed by atoms with Gasteiger partial charge < -0.3 is 10.2 Å². The van der Waals surface area contributed by atoms with Gasteiger partial charge in [0, 0.05) is 45.8 Å². The van der Waals surface area contributed by atoms with Gasteiger partial charge in [-0.3, -0.25) is 14.6 Å². The van der Waals surface area contributed by atoms with Crippen molar-refractivity contribution in [1.82, 2.24) is 24.9 Å². The van der Waals surface area contributed by atoms with E-state index >= 15 is 0 Å². The highest BCUT2D eigenvalue weighted by molar-refractivity contribution is 14.0. The van der Waals surface area contributed by atoms with Crippen LogP contribution in [0.15, 0.2) is 17.4 Å². The van der Waals surface area contributed by atoms with Gasteiger partial charge in [0.2, 0.25) is 0 Å². The maximum atomic E-state index is 12.3. The Kier molecular flexibility index (Phi) is 9.14. The summed E-state index contributed by atoms with van der Waals surface area (Å²) in [7, 11) is 5.13. The van der Waals surface area contributed by atoms with Crippen molar-refractivity contribution >= 4 is 29.9 Å². The normalized spacial score (nSPS) is 18.3. The summed E-state index contributed by atoms with van der Waals surface area (Å²) in [6.07, 6.45) is 1.48. The number of rotatable bonds is 6. The Morgan fingerprint density at radius 2 is 2.19 bits per heavy atom. The molecule has 1 saturated heterocycles. The number of hydrogen-bond donors (Lipinski definition) is 1. The molecule has 0 radical (unpaired) electrons. The summed E-state index contributed by atoms with van der Waals surface area (Å²) in [5, 5.41) is 7.48. The van der Waals surface area contributed by atoms with Crippen LogP contribution in [-0.2, 0) is 7.05 Å². The second-order valence-corrected chi connectivity index (χ2v) is 6.56. The zero-order chi connectivity index (χ0) is 18.4. The van der Waals surface area contributed by atoms with Crippen LogP contribution < -0.4 is 5.32 Å². The van der Waals surface area contributed by atoms with Crippen molar-refractivity contribution in [2.75, 3.05) is 46.8 Å². The molecule has 1 aliphatic rings. The Labute approximate surface area is 169 Å². The van der Waals surface area contributed by atoms with Gasteiger partial charge in [-0.05, 0) is 32.0 Å². The second-order valence-electron chi connectivity index (χ2n) is 6.56. The SMILES string of the molecule is CN=C(NCCCN(C)CC(F)(F)F)N1CCC(c2cnn(C)c2)C1.I. The van der Waals surface area contributed by atoms with E-state index in [-0.39, 0.29) is 24.0 Å². The maximum absolute atomic E-state index is 12.3. The molecule has 1 N–H and O–H groups in total. The third-order valence-corrected chi connectivity index (χ3v) is 4.34. The molecular formula is C16H28F3IN6. The number of nitrogens with zero attached hydrogens (tertiary/aromatic N) is 5. The highest BCUT2D eigenvalue weighted by Gasteiger charge is 2.29. The molecule has 6 nitrogen and oxygen atoms in total. The first-order chi connectivity index (χ1) is 11.8. The monoisotopic (exact) mass is 488 g/mol. The van der Waals surface area contributed by atoms with Crippen molar-refractivity contribution < 1.29 is 13.2 Å². The van der Waals surface area contributed by atoms with E-state index in [0.717, 1.165) is 25.5 Å². The summed E-state index contributed by atoms with van der Waals surface area (Å²) in [6.45, 7) is 1.90. The number of alkyl halides is 3. The Balaban J connectivity index is 0.00000338. The molecule has 150 valence electrons. The minimum Gasteiger partial charge on any atom is -0.356 e. The summed E-state index contributed by atoms with van der Waals surface area (Å²) in [6, 6.07) is 0. The van der Waals surface area contributed by atoms with Crippen LogP contribution in [0.3, 0.4) is 0 Å². The van der Waals surface area contributed by atoms with Gasteiger partial charge in [0.25, 0.3) is 0 Å². The minimum absolute atomic E-state index is 0. The van der Waals surface area contributed by atoms with E-state index in [1.807, 2.05) is 24.1 Å². The Hall–Kier alpha value is -1.04. The quantitative estimate of drug-likeness (QED) is 0.289. The summed E-state index contributed by atoms with van der Waals surface area (Å²) >= 11 is 0. The number of hydrogen-bond acceptors (Lipinski definition) is 3. The van der Waals surface area contributed by atoms with Crippen LogP contribution in [-0.4, -0.2) is 78.5 Å². The molecule has 0 bridgehead atoms. The highest BCUT2D eigenvalue weighted by Crippen LogP contribution is 2.26. The number of aliphatic imine (C=N–C) groups is 1. The van der Waals surface area contributed by atoms with Crippen LogP contribution in [0.25, 0.3) is 0 Å². The van der Waals surface area contributed by atoms with E-state index in [0.29, 0.717) is 25.4 Å². The number of aromatic nitrogens is 2. The molecule has 1 aromatic rings.